The van der Waals surface area contributed by atoms with Crippen LogP contribution in [-0.2, 0) is 0 Å². The maximum absolute atomic E-state index is 6.43. The number of aliphatic imine (C=N–C) groups is 1. The maximum atomic E-state index is 6.43. The molecule has 5 rings (SSSR count). The van der Waals surface area contributed by atoms with E-state index in [0.29, 0.717) is 16.5 Å². The van der Waals surface area contributed by atoms with Crippen molar-refractivity contribution < 1.29 is 0 Å². The molecule has 0 aliphatic rings. The number of halogens is 1. The van der Waals surface area contributed by atoms with Gasteiger partial charge in [-0.05, 0) is 6.07 Å². The van der Waals surface area contributed by atoms with Crippen molar-refractivity contribution in [2.45, 2.75) is 0 Å². The molecule has 0 bridgehead atoms. The zero-order valence-electron chi connectivity index (χ0n) is 16.0. The SMILES string of the molecule is Clc1ccccc1-c1cn2ccnc2c(N=C(c2ccccc2)c2ccccc2)n1. The monoisotopic (exact) mass is 408 g/mol. The van der Waals surface area contributed by atoms with E-state index in [4.69, 9.17) is 21.6 Å². The number of aromatic nitrogens is 3. The molecule has 5 aromatic rings. The van der Waals surface area contributed by atoms with Crippen LogP contribution in [-0.4, -0.2) is 20.1 Å². The van der Waals surface area contributed by atoms with Crippen LogP contribution in [0.25, 0.3) is 16.9 Å². The van der Waals surface area contributed by atoms with Gasteiger partial charge in [0.25, 0.3) is 0 Å². The lowest BCUT2D eigenvalue weighted by atomic mass is 10.0. The van der Waals surface area contributed by atoms with Gasteiger partial charge in [0.2, 0.25) is 0 Å². The van der Waals surface area contributed by atoms with Crippen molar-refractivity contribution in [1.29, 1.82) is 0 Å². The summed E-state index contributed by atoms with van der Waals surface area (Å²) in [5.41, 5.74) is 5.15. The number of hydrogen-bond acceptors (Lipinski definition) is 3. The molecule has 5 heteroatoms. The molecule has 0 radical (unpaired) electrons. The van der Waals surface area contributed by atoms with E-state index < -0.39 is 0 Å². The summed E-state index contributed by atoms with van der Waals surface area (Å²) < 4.78 is 1.93. The highest BCUT2D eigenvalue weighted by Gasteiger charge is 2.13. The number of benzene rings is 3. The van der Waals surface area contributed by atoms with E-state index >= 15 is 0 Å². The van der Waals surface area contributed by atoms with Crippen LogP contribution in [0.3, 0.4) is 0 Å². The van der Waals surface area contributed by atoms with Gasteiger partial charge in [-0.15, -0.1) is 0 Å². The van der Waals surface area contributed by atoms with Crippen molar-refractivity contribution in [2.75, 3.05) is 0 Å². The van der Waals surface area contributed by atoms with Crippen LogP contribution < -0.4 is 0 Å². The van der Waals surface area contributed by atoms with Gasteiger partial charge in [0, 0.05) is 35.3 Å². The molecule has 3 aromatic carbocycles. The summed E-state index contributed by atoms with van der Waals surface area (Å²) in [5.74, 6) is 0.542. The molecule has 4 nitrogen and oxygen atoms in total. The van der Waals surface area contributed by atoms with Crippen molar-refractivity contribution >= 4 is 28.8 Å². The lowest BCUT2D eigenvalue weighted by Gasteiger charge is -2.10. The molecule has 144 valence electrons. The molecule has 0 fully saturated rings. The first-order chi connectivity index (χ1) is 14.8. The first-order valence-corrected chi connectivity index (χ1v) is 9.95. The minimum Gasteiger partial charge on any atom is -0.302 e. The van der Waals surface area contributed by atoms with Gasteiger partial charge in [-0.3, -0.25) is 0 Å². The lowest BCUT2D eigenvalue weighted by molar-refractivity contribution is 1.12. The summed E-state index contributed by atoms with van der Waals surface area (Å²) in [6.45, 7) is 0. The molecule has 0 saturated heterocycles. The zero-order chi connectivity index (χ0) is 20.3. The average molecular weight is 409 g/mol. The predicted molar refractivity (Wildman–Crippen MR) is 122 cm³/mol. The summed E-state index contributed by atoms with van der Waals surface area (Å²) in [6.07, 6.45) is 5.56. The van der Waals surface area contributed by atoms with Gasteiger partial charge in [-0.1, -0.05) is 90.5 Å². The second-order valence-electron chi connectivity index (χ2n) is 6.78. The van der Waals surface area contributed by atoms with Gasteiger partial charge in [-0.25, -0.2) is 15.0 Å². The van der Waals surface area contributed by atoms with Crippen molar-refractivity contribution in [3.63, 3.8) is 0 Å². The second-order valence-corrected chi connectivity index (χ2v) is 7.19. The molecule has 2 aromatic heterocycles. The molecule has 0 atom stereocenters. The standard InChI is InChI=1S/C25H17ClN4/c26-21-14-8-7-13-20(21)22-17-30-16-15-27-25(30)24(28-22)29-23(18-9-3-1-4-10-18)19-11-5-2-6-12-19/h1-17H. The molecule has 0 amide bonds. The third-order valence-corrected chi connectivity index (χ3v) is 5.15. The Kier molecular flexibility index (Phi) is 4.83. The van der Waals surface area contributed by atoms with Crippen LogP contribution in [0.2, 0.25) is 5.02 Å². The molecule has 0 N–H and O–H groups in total. The van der Waals surface area contributed by atoms with Crippen LogP contribution in [0, 0.1) is 0 Å². The third-order valence-electron chi connectivity index (χ3n) is 4.82. The van der Waals surface area contributed by atoms with Gasteiger partial charge in [0.05, 0.1) is 16.4 Å². The summed E-state index contributed by atoms with van der Waals surface area (Å²) in [5, 5.41) is 0.644. The summed E-state index contributed by atoms with van der Waals surface area (Å²) in [6, 6.07) is 27.9. The van der Waals surface area contributed by atoms with Crippen LogP contribution in [0.15, 0.2) is 109 Å². The van der Waals surface area contributed by atoms with Crippen molar-refractivity contribution in [3.8, 4) is 11.3 Å². The van der Waals surface area contributed by atoms with Crippen molar-refractivity contribution in [3.05, 3.63) is 120 Å². The van der Waals surface area contributed by atoms with E-state index in [-0.39, 0.29) is 0 Å². The Morgan fingerprint density at radius 1 is 0.800 bits per heavy atom. The molecule has 2 heterocycles. The molecule has 0 spiro atoms. The highest BCUT2D eigenvalue weighted by Crippen LogP contribution is 2.29. The quantitative estimate of drug-likeness (QED) is 0.331. The number of fused-ring (bicyclic) bond motifs is 1. The molecular weight excluding hydrogens is 392 g/mol. The maximum Gasteiger partial charge on any atom is 0.197 e. The fraction of sp³-hybridized carbons (Fsp3) is 0. The zero-order valence-corrected chi connectivity index (χ0v) is 16.7. The summed E-state index contributed by atoms with van der Waals surface area (Å²) in [7, 11) is 0. The molecule has 0 saturated carbocycles. The predicted octanol–water partition coefficient (Wildman–Crippen LogP) is 6.22. The molecule has 0 aliphatic carbocycles. The number of hydrogen-bond donors (Lipinski definition) is 0. The number of imidazole rings is 1. The smallest absolute Gasteiger partial charge is 0.197 e. The van der Waals surface area contributed by atoms with Crippen LogP contribution in [0.5, 0.6) is 0 Å². The molecule has 0 aliphatic heterocycles. The van der Waals surface area contributed by atoms with Crippen molar-refractivity contribution in [1.82, 2.24) is 14.4 Å². The van der Waals surface area contributed by atoms with Crippen LogP contribution in [0.4, 0.5) is 5.82 Å². The van der Waals surface area contributed by atoms with Gasteiger partial charge >= 0.3 is 0 Å². The largest absolute Gasteiger partial charge is 0.302 e. The Morgan fingerprint density at radius 2 is 1.43 bits per heavy atom. The Labute approximate surface area is 179 Å². The first-order valence-electron chi connectivity index (χ1n) is 9.58. The van der Waals surface area contributed by atoms with E-state index in [1.54, 1.807) is 6.20 Å². The van der Waals surface area contributed by atoms with E-state index in [2.05, 4.69) is 4.98 Å². The highest BCUT2D eigenvalue weighted by atomic mass is 35.5. The summed E-state index contributed by atoms with van der Waals surface area (Å²) >= 11 is 6.43. The Hall–Kier alpha value is -3.76. The summed E-state index contributed by atoms with van der Waals surface area (Å²) in [4.78, 5) is 14.3. The number of nitrogens with zero attached hydrogens (tertiary/aromatic N) is 4. The molecule has 0 unspecified atom stereocenters. The van der Waals surface area contributed by atoms with Gasteiger partial charge < -0.3 is 4.40 Å². The van der Waals surface area contributed by atoms with Crippen molar-refractivity contribution in [2.24, 2.45) is 4.99 Å². The van der Waals surface area contributed by atoms with Crippen LogP contribution >= 0.6 is 11.6 Å². The minimum atomic E-state index is 0.542. The van der Waals surface area contributed by atoms with E-state index in [1.807, 2.05) is 102 Å². The first kappa shape index (κ1) is 18.3. The highest BCUT2D eigenvalue weighted by molar-refractivity contribution is 6.33. The van der Waals surface area contributed by atoms with E-state index in [1.165, 1.54) is 0 Å². The minimum absolute atomic E-state index is 0.542. The Balaban J connectivity index is 1.75. The average Bonchev–Trinajstić information content (AvgIpc) is 3.28. The van der Waals surface area contributed by atoms with E-state index in [0.717, 1.165) is 28.1 Å². The van der Waals surface area contributed by atoms with E-state index in [9.17, 15) is 0 Å². The Morgan fingerprint density at radius 3 is 2.10 bits per heavy atom. The molecular formula is C25H17ClN4. The Bertz CT molecular complexity index is 1300. The van der Waals surface area contributed by atoms with Gasteiger partial charge in [0.1, 0.15) is 0 Å². The fourth-order valence-electron chi connectivity index (χ4n) is 3.38. The third kappa shape index (κ3) is 3.49. The normalized spacial score (nSPS) is 10.8. The molecule has 30 heavy (non-hydrogen) atoms. The van der Waals surface area contributed by atoms with Gasteiger partial charge in [-0.2, -0.15) is 0 Å². The lowest BCUT2D eigenvalue weighted by Crippen LogP contribution is -2.03. The second kappa shape index (κ2) is 7.93. The topological polar surface area (TPSA) is 42.5 Å². The van der Waals surface area contributed by atoms with Crippen LogP contribution in [0.1, 0.15) is 11.1 Å². The fourth-order valence-corrected chi connectivity index (χ4v) is 3.62. The number of rotatable bonds is 4. The van der Waals surface area contributed by atoms with Gasteiger partial charge in [0.15, 0.2) is 11.5 Å².